The Bertz CT molecular complexity index is 826. The third kappa shape index (κ3) is 4.59. The van der Waals surface area contributed by atoms with Crippen LogP contribution in [-0.4, -0.2) is 42.8 Å². The molecule has 3 rings (SSSR count). The smallest absolute Gasteiger partial charge is 0.307 e. The van der Waals surface area contributed by atoms with Crippen molar-refractivity contribution in [2.45, 2.75) is 25.8 Å². The minimum Gasteiger partial charge on any atom is -0.497 e. The van der Waals surface area contributed by atoms with E-state index in [0.717, 1.165) is 35.6 Å². The fourth-order valence-corrected chi connectivity index (χ4v) is 4.04. The number of nitrogens with zero attached hydrogens (tertiary/aromatic N) is 1. The summed E-state index contributed by atoms with van der Waals surface area (Å²) in [6.45, 7) is 3.77. The Hall–Kier alpha value is -2.24. The predicted octanol–water partition coefficient (Wildman–Crippen LogP) is 4.63. The zero-order valence-corrected chi connectivity index (χ0v) is 17.0. The summed E-state index contributed by atoms with van der Waals surface area (Å²) in [4.78, 5) is 13.8. The first-order chi connectivity index (χ1) is 13.5. The molecule has 2 unspecified atom stereocenters. The lowest BCUT2D eigenvalue weighted by Gasteiger charge is -2.38. The number of hydrogen-bond donors (Lipinski definition) is 1. The number of carbonyl (C=O) groups is 1. The number of ether oxygens (including phenoxy) is 2. The summed E-state index contributed by atoms with van der Waals surface area (Å²) in [6, 6.07) is 13.3. The number of likely N-dealkylation sites (tertiary alicyclic amines) is 1. The number of piperidine rings is 1. The van der Waals surface area contributed by atoms with Crippen LogP contribution in [0, 0.1) is 5.92 Å². The molecule has 1 fully saturated rings. The van der Waals surface area contributed by atoms with Crippen LogP contribution in [0.2, 0.25) is 5.02 Å². The summed E-state index contributed by atoms with van der Waals surface area (Å²) in [5, 5.41) is 10.2. The summed E-state index contributed by atoms with van der Waals surface area (Å²) >= 11 is 6.33. The Morgan fingerprint density at radius 1 is 1.32 bits per heavy atom. The topological polar surface area (TPSA) is 59.0 Å². The van der Waals surface area contributed by atoms with Crippen LogP contribution >= 0.6 is 11.6 Å². The number of aliphatic carboxylic acids is 1. The molecule has 0 aliphatic carbocycles. The van der Waals surface area contributed by atoms with E-state index in [2.05, 4.69) is 4.90 Å². The van der Waals surface area contributed by atoms with Crippen molar-refractivity contribution < 1.29 is 19.4 Å². The third-order valence-electron chi connectivity index (χ3n) is 5.14. The second kappa shape index (κ2) is 9.30. The van der Waals surface area contributed by atoms with Gasteiger partial charge in [0.25, 0.3) is 0 Å². The van der Waals surface area contributed by atoms with Gasteiger partial charge in [-0.1, -0.05) is 23.7 Å². The molecule has 2 atom stereocenters. The Morgan fingerprint density at radius 2 is 2.14 bits per heavy atom. The molecule has 5 nitrogen and oxygen atoms in total. The van der Waals surface area contributed by atoms with Gasteiger partial charge in [0.05, 0.1) is 25.7 Å². The zero-order chi connectivity index (χ0) is 20.1. The number of rotatable bonds is 7. The number of benzene rings is 2. The van der Waals surface area contributed by atoms with Gasteiger partial charge >= 0.3 is 5.97 Å². The maximum atomic E-state index is 11.6. The van der Waals surface area contributed by atoms with E-state index >= 15 is 0 Å². The van der Waals surface area contributed by atoms with E-state index in [1.54, 1.807) is 7.11 Å². The highest BCUT2D eigenvalue weighted by Crippen LogP contribution is 2.39. The Balaban J connectivity index is 2.09. The Labute approximate surface area is 170 Å². The van der Waals surface area contributed by atoms with E-state index in [-0.39, 0.29) is 12.0 Å². The molecule has 0 bridgehead atoms. The van der Waals surface area contributed by atoms with Crippen LogP contribution in [0.5, 0.6) is 11.5 Å². The van der Waals surface area contributed by atoms with Gasteiger partial charge in [-0.15, -0.1) is 0 Å². The van der Waals surface area contributed by atoms with Crippen LogP contribution in [0.25, 0.3) is 0 Å². The van der Waals surface area contributed by atoms with Crippen LogP contribution in [0.3, 0.4) is 0 Å². The molecule has 1 heterocycles. The van der Waals surface area contributed by atoms with E-state index in [0.29, 0.717) is 24.6 Å². The van der Waals surface area contributed by atoms with E-state index in [1.807, 2.05) is 49.4 Å². The van der Waals surface area contributed by atoms with E-state index in [1.165, 1.54) is 0 Å². The molecule has 1 aliphatic heterocycles. The molecule has 28 heavy (non-hydrogen) atoms. The molecule has 1 saturated heterocycles. The lowest BCUT2D eigenvalue weighted by atomic mass is 9.91. The molecular formula is C22H26ClNO4. The summed E-state index contributed by atoms with van der Waals surface area (Å²) in [5.74, 6) is 0.397. The lowest BCUT2D eigenvalue weighted by Crippen LogP contribution is -2.41. The first-order valence-electron chi connectivity index (χ1n) is 9.56. The normalized spacial score (nSPS) is 18.5. The minimum absolute atomic E-state index is 0.169. The highest BCUT2D eigenvalue weighted by Gasteiger charge is 2.33. The summed E-state index contributed by atoms with van der Waals surface area (Å²) in [7, 11) is 1.64. The van der Waals surface area contributed by atoms with Crippen molar-refractivity contribution in [1.29, 1.82) is 0 Å². The van der Waals surface area contributed by atoms with Crippen molar-refractivity contribution in [1.82, 2.24) is 4.90 Å². The molecule has 1 aliphatic rings. The molecule has 150 valence electrons. The average molecular weight is 404 g/mol. The molecule has 0 aromatic heterocycles. The average Bonchev–Trinajstić information content (AvgIpc) is 2.70. The largest absolute Gasteiger partial charge is 0.497 e. The van der Waals surface area contributed by atoms with Gasteiger partial charge in [-0.25, -0.2) is 0 Å². The second-order valence-corrected chi connectivity index (χ2v) is 7.40. The van der Waals surface area contributed by atoms with Gasteiger partial charge in [-0.3, -0.25) is 9.69 Å². The fraction of sp³-hybridized carbons (Fsp3) is 0.409. The van der Waals surface area contributed by atoms with Crippen molar-refractivity contribution in [2.24, 2.45) is 5.92 Å². The van der Waals surface area contributed by atoms with Gasteiger partial charge < -0.3 is 14.6 Å². The van der Waals surface area contributed by atoms with Gasteiger partial charge in [0.15, 0.2) is 0 Å². The quantitative estimate of drug-likeness (QED) is 0.730. The van der Waals surface area contributed by atoms with Crippen molar-refractivity contribution in [3.63, 3.8) is 0 Å². The van der Waals surface area contributed by atoms with Crippen molar-refractivity contribution in [3.8, 4) is 11.5 Å². The van der Waals surface area contributed by atoms with Crippen LogP contribution in [-0.2, 0) is 4.79 Å². The number of hydrogen-bond acceptors (Lipinski definition) is 4. The number of carboxylic acids is 1. The van der Waals surface area contributed by atoms with Crippen LogP contribution in [0.4, 0.5) is 0 Å². The summed E-state index contributed by atoms with van der Waals surface area (Å²) in [6.07, 6.45) is 1.53. The van der Waals surface area contributed by atoms with Crippen molar-refractivity contribution in [3.05, 3.63) is 58.6 Å². The molecule has 0 amide bonds. The Morgan fingerprint density at radius 3 is 2.86 bits per heavy atom. The number of halogens is 1. The fourth-order valence-electron chi connectivity index (χ4n) is 3.86. The van der Waals surface area contributed by atoms with Crippen molar-refractivity contribution >= 4 is 17.6 Å². The van der Waals surface area contributed by atoms with Crippen LogP contribution in [0.15, 0.2) is 42.5 Å². The molecule has 0 saturated carbocycles. The summed E-state index contributed by atoms with van der Waals surface area (Å²) < 4.78 is 11.3. The van der Waals surface area contributed by atoms with Crippen molar-refractivity contribution in [2.75, 3.05) is 26.8 Å². The first kappa shape index (κ1) is 20.5. The lowest BCUT2D eigenvalue weighted by molar-refractivity contribution is -0.143. The van der Waals surface area contributed by atoms with E-state index < -0.39 is 5.97 Å². The molecule has 2 aromatic carbocycles. The van der Waals surface area contributed by atoms with E-state index in [9.17, 15) is 9.90 Å². The molecule has 6 heteroatoms. The molecule has 0 radical (unpaired) electrons. The van der Waals surface area contributed by atoms with Gasteiger partial charge in [0.2, 0.25) is 0 Å². The van der Waals surface area contributed by atoms with Gasteiger partial charge in [-0.2, -0.15) is 0 Å². The molecule has 2 aromatic rings. The first-order valence-corrected chi connectivity index (χ1v) is 9.94. The van der Waals surface area contributed by atoms with Crippen LogP contribution in [0.1, 0.15) is 36.9 Å². The minimum atomic E-state index is -0.745. The van der Waals surface area contributed by atoms with Gasteiger partial charge in [0, 0.05) is 17.1 Å². The molecular weight excluding hydrogens is 378 g/mol. The number of methoxy groups -OCH3 is 1. The monoisotopic (exact) mass is 403 g/mol. The highest BCUT2D eigenvalue weighted by atomic mass is 35.5. The van der Waals surface area contributed by atoms with Gasteiger partial charge in [0.1, 0.15) is 11.5 Å². The standard InChI is InChI=1S/C22H26ClNO4/c1-3-28-20-10-9-17(23)13-19(20)21(15-6-4-8-18(12-15)27-2)24-11-5-7-16(14-24)22(25)26/h4,6,8-10,12-13,16,21H,3,5,7,11,14H2,1-2H3,(H,25,26). The zero-order valence-electron chi connectivity index (χ0n) is 16.2. The number of carboxylic acid groups (broad SMARTS) is 1. The maximum absolute atomic E-state index is 11.6. The second-order valence-electron chi connectivity index (χ2n) is 6.97. The van der Waals surface area contributed by atoms with E-state index in [4.69, 9.17) is 21.1 Å². The molecule has 1 N–H and O–H groups in total. The SMILES string of the molecule is CCOc1ccc(Cl)cc1C(c1cccc(OC)c1)N1CCCC(C(=O)O)C1. The third-order valence-corrected chi connectivity index (χ3v) is 5.38. The maximum Gasteiger partial charge on any atom is 0.307 e. The highest BCUT2D eigenvalue weighted by molar-refractivity contribution is 6.30. The predicted molar refractivity (Wildman–Crippen MR) is 109 cm³/mol. The van der Waals surface area contributed by atoms with Gasteiger partial charge in [-0.05, 0) is 62.2 Å². The summed E-state index contributed by atoms with van der Waals surface area (Å²) in [5.41, 5.74) is 1.96. The molecule has 0 spiro atoms. The Kier molecular flexibility index (Phi) is 6.81. The van der Waals surface area contributed by atoms with Crippen LogP contribution < -0.4 is 9.47 Å².